The Bertz CT molecular complexity index is 452. The molecule has 15 heavy (non-hydrogen) atoms. The van der Waals surface area contributed by atoms with E-state index in [0.29, 0.717) is 5.69 Å². The number of hydrogen-bond donors (Lipinski definition) is 2. The van der Waals surface area contributed by atoms with Crippen molar-refractivity contribution in [2.24, 2.45) is 0 Å². The lowest BCUT2D eigenvalue weighted by Crippen LogP contribution is -2.17. The van der Waals surface area contributed by atoms with E-state index in [0.717, 1.165) is 18.5 Å². The Balaban J connectivity index is 2.16. The zero-order valence-corrected chi connectivity index (χ0v) is 9.34. The number of rotatable bonds is 4. The van der Waals surface area contributed by atoms with Crippen molar-refractivity contribution in [2.45, 2.75) is 18.1 Å². The summed E-state index contributed by atoms with van der Waals surface area (Å²) in [5.41, 5.74) is 1.51. The second-order valence-electron chi connectivity index (χ2n) is 3.68. The third-order valence-electron chi connectivity index (χ3n) is 2.37. The molecule has 1 fully saturated rings. The molecule has 0 radical (unpaired) electrons. The molecule has 0 saturated heterocycles. The van der Waals surface area contributed by atoms with E-state index in [1.807, 2.05) is 12.1 Å². The highest BCUT2D eigenvalue weighted by molar-refractivity contribution is 7.93. The minimum Gasteiger partial charge on any atom is -0.388 e. The molecule has 2 rings (SSSR count). The zero-order valence-electron chi connectivity index (χ0n) is 8.53. The SMILES string of the molecule is CNc1cccc(NS(=O)(=O)C2CC2)c1. The Morgan fingerprint density at radius 3 is 2.53 bits per heavy atom. The smallest absolute Gasteiger partial charge is 0.235 e. The summed E-state index contributed by atoms with van der Waals surface area (Å²) in [6.45, 7) is 0. The fraction of sp³-hybridized carbons (Fsp3) is 0.400. The first kappa shape index (κ1) is 10.3. The van der Waals surface area contributed by atoms with E-state index in [1.54, 1.807) is 19.2 Å². The lowest BCUT2D eigenvalue weighted by Gasteiger charge is -2.08. The maximum atomic E-state index is 11.6. The van der Waals surface area contributed by atoms with Gasteiger partial charge < -0.3 is 5.32 Å². The van der Waals surface area contributed by atoms with Gasteiger partial charge in [0.25, 0.3) is 0 Å². The molecule has 5 heteroatoms. The molecule has 82 valence electrons. The second kappa shape index (κ2) is 3.73. The van der Waals surface area contributed by atoms with E-state index in [2.05, 4.69) is 10.0 Å². The third-order valence-corrected chi connectivity index (χ3v) is 4.24. The number of sulfonamides is 1. The number of hydrogen-bond acceptors (Lipinski definition) is 3. The fourth-order valence-corrected chi connectivity index (χ4v) is 2.74. The van der Waals surface area contributed by atoms with Crippen molar-refractivity contribution in [2.75, 3.05) is 17.1 Å². The molecule has 0 amide bonds. The van der Waals surface area contributed by atoms with Crippen LogP contribution in [0.3, 0.4) is 0 Å². The first-order chi connectivity index (χ1) is 7.12. The molecular formula is C10H14N2O2S. The van der Waals surface area contributed by atoms with Crippen molar-refractivity contribution in [3.8, 4) is 0 Å². The van der Waals surface area contributed by atoms with Crippen molar-refractivity contribution in [1.82, 2.24) is 0 Å². The molecule has 0 atom stereocenters. The summed E-state index contributed by atoms with van der Waals surface area (Å²) in [5, 5.41) is 2.78. The molecule has 0 aliphatic heterocycles. The van der Waals surface area contributed by atoms with E-state index in [9.17, 15) is 8.42 Å². The first-order valence-corrected chi connectivity index (χ1v) is 6.46. The standard InChI is InChI=1S/C10H14N2O2S/c1-11-8-3-2-4-9(7-8)12-15(13,14)10-5-6-10/h2-4,7,10-12H,5-6H2,1H3. The van der Waals surface area contributed by atoms with Crippen LogP contribution in [0.2, 0.25) is 0 Å². The van der Waals surface area contributed by atoms with Crippen LogP contribution in [-0.4, -0.2) is 20.7 Å². The Labute approximate surface area is 89.7 Å². The number of benzene rings is 1. The van der Waals surface area contributed by atoms with Gasteiger partial charge in [0, 0.05) is 12.7 Å². The first-order valence-electron chi connectivity index (χ1n) is 4.91. The average molecular weight is 226 g/mol. The number of nitrogens with one attached hydrogen (secondary N) is 2. The van der Waals surface area contributed by atoms with Gasteiger partial charge in [0.2, 0.25) is 10.0 Å². The van der Waals surface area contributed by atoms with Gasteiger partial charge in [-0.05, 0) is 31.0 Å². The summed E-state index contributed by atoms with van der Waals surface area (Å²) >= 11 is 0. The average Bonchev–Trinajstić information content (AvgIpc) is 3.00. The van der Waals surface area contributed by atoms with Gasteiger partial charge in [-0.2, -0.15) is 0 Å². The van der Waals surface area contributed by atoms with Crippen LogP contribution in [0.4, 0.5) is 11.4 Å². The normalized spacial score (nSPS) is 16.1. The van der Waals surface area contributed by atoms with Gasteiger partial charge in [-0.1, -0.05) is 6.07 Å². The zero-order chi connectivity index (χ0) is 10.9. The fourth-order valence-electron chi connectivity index (χ4n) is 1.36. The molecule has 4 nitrogen and oxygen atoms in total. The van der Waals surface area contributed by atoms with Gasteiger partial charge >= 0.3 is 0 Å². The molecule has 1 aromatic rings. The summed E-state index contributed by atoms with van der Waals surface area (Å²) in [7, 11) is -1.34. The Morgan fingerprint density at radius 2 is 1.93 bits per heavy atom. The van der Waals surface area contributed by atoms with Crippen molar-refractivity contribution >= 4 is 21.4 Å². The summed E-state index contributed by atoms with van der Waals surface area (Å²) in [5.74, 6) is 0. The van der Waals surface area contributed by atoms with Crippen LogP contribution >= 0.6 is 0 Å². The van der Waals surface area contributed by atoms with Gasteiger partial charge in [-0.15, -0.1) is 0 Å². The Morgan fingerprint density at radius 1 is 1.27 bits per heavy atom. The molecule has 0 unspecified atom stereocenters. The highest BCUT2D eigenvalue weighted by Crippen LogP contribution is 2.30. The Hall–Kier alpha value is -1.23. The van der Waals surface area contributed by atoms with E-state index in [1.165, 1.54) is 0 Å². The molecular weight excluding hydrogens is 212 g/mol. The summed E-state index contributed by atoms with van der Waals surface area (Å²) in [6.07, 6.45) is 1.56. The maximum absolute atomic E-state index is 11.6. The highest BCUT2D eigenvalue weighted by Gasteiger charge is 2.35. The quantitative estimate of drug-likeness (QED) is 0.820. The largest absolute Gasteiger partial charge is 0.388 e. The number of anilines is 2. The van der Waals surface area contributed by atoms with E-state index in [-0.39, 0.29) is 5.25 Å². The minimum absolute atomic E-state index is 0.184. The van der Waals surface area contributed by atoms with Gasteiger partial charge in [0.15, 0.2) is 0 Å². The molecule has 0 bridgehead atoms. The lowest BCUT2D eigenvalue weighted by atomic mass is 10.3. The van der Waals surface area contributed by atoms with Gasteiger partial charge in [-0.3, -0.25) is 4.72 Å². The van der Waals surface area contributed by atoms with Crippen molar-refractivity contribution < 1.29 is 8.42 Å². The van der Waals surface area contributed by atoms with Gasteiger partial charge in [-0.25, -0.2) is 8.42 Å². The van der Waals surface area contributed by atoms with E-state index in [4.69, 9.17) is 0 Å². The second-order valence-corrected chi connectivity index (χ2v) is 5.64. The Kier molecular flexibility index (Phi) is 2.56. The summed E-state index contributed by atoms with van der Waals surface area (Å²) in [6, 6.07) is 7.23. The molecule has 2 N–H and O–H groups in total. The van der Waals surface area contributed by atoms with Crippen LogP contribution in [-0.2, 0) is 10.0 Å². The van der Waals surface area contributed by atoms with Crippen LogP contribution in [0.1, 0.15) is 12.8 Å². The van der Waals surface area contributed by atoms with Crippen LogP contribution in [0.25, 0.3) is 0 Å². The predicted octanol–water partition coefficient (Wildman–Crippen LogP) is 1.63. The topological polar surface area (TPSA) is 58.2 Å². The van der Waals surface area contributed by atoms with Crippen molar-refractivity contribution in [1.29, 1.82) is 0 Å². The molecule has 0 heterocycles. The van der Waals surface area contributed by atoms with Crippen LogP contribution in [0, 0.1) is 0 Å². The molecule has 1 aliphatic carbocycles. The molecule has 1 aliphatic rings. The molecule has 0 aromatic heterocycles. The maximum Gasteiger partial charge on any atom is 0.235 e. The van der Waals surface area contributed by atoms with E-state index < -0.39 is 10.0 Å². The predicted molar refractivity (Wildman–Crippen MR) is 61.6 cm³/mol. The minimum atomic E-state index is -3.14. The van der Waals surface area contributed by atoms with Gasteiger partial charge in [0.05, 0.1) is 10.9 Å². The van der Waals surface area contributed by atoms with Crippen LogP contribution in [0.5, 0.6) is 0 Å². The van der Waals surface area contributed by atoms with Crippen LogP contribution < -0.4 is 10.0 Å². The van der Waals surface area contributed by atoms with Crippen LogP contribution in [0.15, 0.2) is 24.3 Å². The van der Waals surface area contributed by atoms with Crippen molar-refractivity contribution in [3.05, 3.63) is 24.3 Å². The van der Waals surface area contributed by atoms with E-state index >= 15 is 0 Å². The highest BCUT2D eigenvalue weighted by atomic mass is 32.2. The summed E-state index contributed by atoms with van der Waals surface area (Å²) in [4.78, 5) is 0. The monoisotopic (exact) mass is 226 g/mol. The van der Waals surface area contributed by atoms with Crippen molar-refractivity contribution in [3.63, 3.8) is 0 Å². The molecule has 1 saturated carbocycles. The molecule has 0 spiro atoms. The molecule has 1 aromatic carbocycles. The third kappa shape index (κ3) is 2.41. The lowest BCUT2D eigenvalue weighted by molar-refractivity contribution is 0.600. The summed E-state index contributed by atoms with van der Waals surface area (Å²) < 4.78 is 25.8. The van der Waals surface area contributed by atoms with Gasteiger partial charge in [0.1, 0.15) is 0 Å².